The molecule has 0 saturated heterocycles. The molecule has 0 aliphatic carbocycles. The summed E-state index contributed by atoms with van der Waals surface area (Å²) in [5.74, 6) is 0. The summed E-state index contributed by atoms with van der Waals surface area (Å²) in [6.45, 7) is 12.0. The van der Waals surface area contributed by atoms with Crippen molar-refractivity contribution in [3.63, 3.8) is 0 Å². The number of thiazole rings is 1. The van der Waals surface area contributed by atoms with Crippen LogP contribution in [0.15, 0.2) is 24.5 Å². The Morgan fingerprint density at radius 3 is 2.48 bits per heavy atom. The highest BCUT2D eigenvalue weighted by Gasteiger charge is 2.23. The molecule has 2 rings (SSSR count). The summed E-state index contributed by atoms with van der Waals surface area (Å²) in [7, 11) is 0. The Morgan fingerprint density at radius 1 is 1.24 bits per heavy atom. The second kappa shape index (κ2) is 6.67. The molecule has 114 valence electrons. The third-order valence-electron chi connectivity index (χ3n) is 3.56. The summed E-state index contributed by atoms with van der Waals surface area (Å²) in [4.78, 5) is 10.3. The maximum Gasteiger partial charge on any atom is 0.124 e. The first-order valence-corrected chi connectivity index (χ1v) is 8.37. The van der Waals surface area contributed by atoms with E-state index in [9.17, 15) is 0 Å². The molecule has 0 radical (unpaired) electrons. The molecule has 0 aliphatic rings. The topological polar surface area (TPSA) is 37.8 Å². The van der Waals surface area contributed by atoms with Crippen molar-refractivity contribution in [1.29, 1.82) is 0 Å². The van der Waals surface area contributed by atoms with E-state index in [0.29, 0.717) is 6.04 Å². The smallest absolute Gasteiger partial charge is 0.124 e. The van der Waals surface area contributed by atoms with Gasteiger partial charge < -0.3 is 5.32 Å². The zero-order valence-electron chi connectivity index (χ0n) is 13.6. The minimum atomic E-state index is 0.0637. The van der Waals surface area contributed by atoms with Gasteiger partial charge in [-0.25, -0.2) is 4.98 Å². The predicted molar refractivity (Wildman–Crippen MR) is 90.6 cm³/mol. The van der Waals surface area contributed by atoms with Crippen molar-refractivity contribution in [1.82, 2.24) is 15.3 Å². The van der Waals surface area contributed by atoms with Gasteiger partial charge in [-0.1, -0.05) is 27.7 Å². The van der Waals surface area contributed by atoms with Crippen LogP contribution in [0.5, 0.6) is 0 Å². The summed E-state index contributed by atoms with van der Waals surface area (Å²) >= 11 is 1.79. The highest BCUT2D eigenvalue weighted by molar-refractivity contribution is 7.15. The molecule has 0 aromatic carbocycles. The molecule has 2 aromatic heterocycles. The molecule has 0 fully saturated rings. The van der Waals surface area contributed by atoms with Gasteiger partial charge in [-0.05, 0) is 25.5 Å². The fourth-order valence-corrected chi connectivity index (χ4v) is 3.32. The van der Waals surface area contributed by atoms with Gasteiger partial charge in [0.25, 0.3) is 0 Å². The van der Waals surface area contributed by atoms with E-state index in [1.165, 1.54) is 10.6 Å². The average molecular weight is 303 g/mol. The summed E-state index contributed by atoms with van der Waals surface area (Å²) < 4.78 is 0. The van der Waals surface area contributed by atoms with E-state index >= 15 is 0 Å². The molecule has 1 atom stereocenters. The van der Waals surface area contributed by atoms with Crippen LogP contribution in [0.1, 0.15) is 51.6 Å². The molecular formula is C17H25N3S. The zero-order valence-corrected chi connectivity index (χ0v) is 14.4. The minimum absolute atomic E-state index is 0.0637. The lowest BCUT2D eigenvalue weighted by molar-refractivity contribution is 0.520. The van der Waals surface area contributed by atoms with Crippen molar-refractivity contribution in [2.45, 2.75) is 59.0 Å². The Labute approximate surface area is 131 Å². The lowest BCUT2D eigenvalue weighted by atomic mass is 9.91. The van der Waals surface area contributed by atoms with E-state index in [2.05, 4.69) is 44.9 Å². The molecule has 21 heavy (non-hydrogen) atoms. The molecule has 0 aliphatic heterocycles. The Balaban J connectivity index is 2.32. The molecular weight excluding hydrogens is 278 g/mol. The molecule has 2 heterocycles. The monoisotopic (exact) mass is 303 g/mol. The standard InChI is InChI=1S/C17H25N3S/c1-6-12(2)19-11-14-15(17(3,4)5)20-16(21-14)13-7-9-18-10-8-13/h7-10,12,19H,6,11H2,1-5H3. The summed E-state index contributed by atoms with van der Waals surface area (Å²) in [5.41, 5.74) is 2.42. The van der Waals surface area contributed by atoms with Crippen LogP contribution < -0.4 is 5.32 Å². The van der Waals surface area contributed by atoms with Crippen molar-refractivity contribution < 1.29 is 0 Å². The van der Waals surface area contributed by atoms with E-state index < -0.39 is 0 Å². The van der Waals surface area contributed by atoms with Gasteiger partial charge in [-0.15, -0.1) is 11.3 Å². The number of nitrogens with one attached hydrogen (secondary N) is 1. The van der Waals surface area contributed by atoms with E-state index in [-0.39, 0.29) is 5.41 Å². The molecule has 1 unspecified atom stereocenters. The molecule has 0 bridgehead atoms. The van der Waals surface area contributed by atoms with E-state index in [1.807, 2.05) is 24.5 Å². The first-order valence-electron chi connectivity index (χ1n) is 7.55. The Bertz CT molecular complexity index is 569. The van der Waals surface area contributed by atoms with Gasteiger partial charge in [0, 0.05) is 40.8 Å². The molecule has 0 spiro atoms. The number of aromatic nitrogens is 2. The van der Waals surface area contributed by atoms with E-state index in [4.69, 9.17) is 4.98 Å². The van der Waals surface area contributed by atoms with Crippen LogP contribution in [0.2, 0.25) is 0 Å². The van der Waals surface area contributed by atoms with Crippen LogP contribution in [-0.2, 0) is 12.0 Å². The summed E-state index contributed by atoms with van der Waals surface area (Å²) in [6.07, 6.45) is 4.79. The fourth-order valence-electron chi connectivity index (χ4n) is 2.09. The Kier molecular flexibility index (Phi) is 5.12. The summed E-state index contributed by atoms with van der Waals surface area (Å²) in [5, 5.41) is 4.67. The number of hydrogen-bond donors (Lipinski definition) is 1. The van der Waals surface area contributed by atoms with Crippen LogP contribution in [0, 0.1) is 0 Å². The number of pyridine rings is 1. The van der Waals surface area contributed by atoms with Gasteiger partial charge in [0.2, 0.25) is 0 Å². The molecule has 0 amide bonds. The maximum absolute atomic E-state index is 4.91. The van der Waals surface area contributed by atoms with Gasteiger partial charge >= 0.3 is 0 Å². The van der Waals surface area contributed by atoms with Gasteiger partial charge in [-0.3, -0.25) is 4.98 Å². The van der Waals surface area contributed by atoms with Crippen LogP contribution in [0.25, 0.3) is 10.6 Å². The first-order chi connectivity index (χ1) is 9.91. The second-order valence-corrected chi connectivity index (χ2v) is 7.55. The second-order valence-electron chi connectivity index (χ2n) is 6.47. The van der Waals surface area contributed by atoms with Gasteiger partial charge in [-0.2, -0.15) is 0 Å². The zero-order chi connectivity index (χ0) is 15.5. The number of nitrogens with zero attached hydrogens (tertiary/aromatic N) is 2. The number of hydrogen-bond acceptors (Lipinski definition) is 4. The minimum Gasteiger partial charge on any atom is -0.309 e. The van der Waals surface area contributed by atoms with Gasteiger partial charge in [0.05, 0.1) is 5.69 Å². The van der Waals surface area contributed by atoms with Crippen LogP contribution in [-0.4, -0.2) is 16.0 Å². The molecule has 3 nitrogen and oxygen atoms in total. The largest absolute Gasteiger partial charge is 0.309 e. The van der Waals surface area contributed by atoms with Crippen molar-refractivity contribution >= 4 is 11.3 Å². The lowest BCUT2D eigenvalue weighted by Gasteiger charge is -2.18. The Hall–Kier alpha value is -1.26. The maximum atomic E-state index is 4.91. The SMILES string of the molecule is CCC(C)NCc1sc(-c2ccncc2)nc1C(C)(C)C. The van der Waals surface area contributed by atoms with Crippen molar-refractivity contribution in [2.24, 2.45) is 0 Å². The van der Waals surface area contributed by atoms with Crippen LogP contribution in [0.4, 0.5) is 0 Å². The molecule has 4 heteroatoms. The van der Waals surface area contributed by atoms with Crippen molar-refractivity contribution in [2.75, 3.05) is 0 Å². The van der Waals surface area contributed by atoms with E-state index in [0.717, 1.165) is 23.5 Å². The molecule has 2 aromatic rings. The third-order valence-corrected chi connectivity index (χ3v) is 4.66. The van der Waals surface area contributed by atoms with Gasteiger partial charge in [0.15, 0.2) is 0 Å². The lowest BCUT2D eigenvalue weighted by Crippen LogP contribution is -2.25. The first kappa shape index (κ1) is 16.1. The van der Waals surface area contributed by atoms with Crippen molar-refractivity contribution in [3.05, 3.63) is 35.1 Å². The quantitative estimate of drug-likeness (QED) is 0.890. The highest BCUT2D eigenvalue weighted by Crippen LogP contribution is 2.34. The predicted octanol–water partition coefficient (Wildman–Crippen LogP) is 4.39. The van der Waals surface area contributed by atoms with Crippen LogP contribution >= 0.6 is 11.3 Å². The van der Waals surface area contributed by atoms with E-state index in [1.54, 1.807) is 11.3 Å². The normalized spacial score (nSPS) is 13.4. The Morgan fingerprint density at radius 2 is 1.90 bits per heavy atom. The third kappa shape index (κ3) is 4.11. The molecule has 0 saturated carbocycles. The average Bonchev–Trinajstić information content (AvgIpc) is 2.90. The summed E-state index contributed by atoms with van der Waals surface area (Å²) in [6, 6.07) is 4.58. The number of rotatable bonds is 5. The molecule has 1 N–H and O–H groups in total. The van der Waals surface area contributed by atoms with Crippen molar-refractivity contribution in [3.8, 4) is 10.6 Å². The fraction of sp³-hybridized carbons (Fsp3) is 0.529. The van der Waals surface area contributed by atoms with Crippen LogP contribution in [0.3, 0.4) is 0 Å². The van der Waals surface area contributed by atoms with Gasteiger partial charge in [0.1, 0.15) is 5.01 Å². The highest BCUT2D eigenvalue weighted by atomic mass is 32.1.